The number of rotatable bonds is 3. The molecule has 0 spiro atoms. The molecular weight excluding hydrogens is 226 g/mol. The summed E-state index contributed by atoms with van der Waals surface area (Å²) in [5.74, 6) is 0.240. The largest absolute Gasteiger partial charge is 0.450 e. The van der Waals surface area contributed by atoms with Crippen molar-refractivity contribution in [2.75, 3.05) is 6.61 Å². The molecule has 3 heteroatoms. The predicted molar refractivity (Wildman–Crippen MR) is 71.5 cm³/mol. The third-order valence-corrected chi connectivity index (χ3v) is 3.18. The number of ether oxygens (including phenoxy) is 1. The Morgan fingerprint density at radius 1 is 1.39 bits per heavy atom. The van der Waals surface area contributed by atoms with Gasteiger partial charge in [-0.05, 0) is 25.3 Å². The Bertz CT molecular complexity index is 414. The van der Waals surface area contributed by atoms with Crippen LogP contribution in [0.4, 0.5) is 4.79 Å². The zero-order chi connectivity index (χ0) is 12.8. The fourth-order valence-corrected chi connectivity index (χ4v) is 2.34. The van der Waals surface area contributed by atoms with Gasteiger partial charge < -0.3 is 10.1 Å². The van der Waals surface area contributed by atoms with E-state index in [2.05, 4.69) is 29.6 Å². The Morgan fingerprint density at radius 3 is 2.89 bits per heavy atom. The van der Waals surface area contributed by atoms with E-state index < -0.39 is 0 Å². The monoisotopic (exact) mass is 245 g/mol. The van der Waals surface area contributed by atoms with Gasteiger partial charge in [-0.3, -0.25) is 0 Å². The summed E-state index contributed by atoms with van der Waals surface area (Å²) in [6.45, 7) is 2.22. The van der Waals surface area contributed by atoms with Gasteiger partial charge in [0.05, 0.1) is 6.61 Å². The molecule has 0 saturated carbocycles. The third kappa shape index (κ3) is 3.13. The van der Waals surface area contributed by atoms with Gasteiger partial charge in [-0.1, -0.05) is 42.5 Å². The maximum absolute atomic E-state index is 11.5. The first-order chi connectivity index (χ1) is 8.81. The summed E-state index contributed by atoms with van der Waals surface area (Å²) in [6, 6.07) is 10.4. The lowest BCUT2D eigenvalue weighted by atomic mass is 9.85. The third-order valence-electron chi connectivity index (χ3n) is 3.18. The molecule has 0 heterocycles. The molecule has 0 aliphatic heterocycles. The van der Waals surface area contributed by atoms with Crippen LogP contribution in [-0.4, -0.2) is 18.7 Å². The first-order valence-corrected chi connectivity index (χ1v) is 6.46. The topological polar surface area (TPSA) is 38.3 Å². The van der Waals surface area contributed by atoms with Gasteiger partial charge in [0.2, 0.25) is 0 Å². The molecule has 96 valence electrons. The SMILES string of the molecule is CCOC(=O)N[C@H]1CCC=C[C@@H]1c1ccccc1. The standard InChI is InChI=1S/C15H19NO2/c1-2-18-15(17)16-14-11-7-6-10-13(14)12-8-4-3-5-9-12/h3-6,8-10,13-14H,2,7,11H2,1H3,(H,16,17)/t13-,14+/m1/s1. The Kier molecular flexibility index (Phi) is 4.40. The summed E-state index contributed by atoms with van der Waals surface area (Å²) in [5, 5.41) is 2.96. The van der Waals surface area contributed by atoms with Crippen LogP contribution in [0.1, 0.15) is 31.2 Å². The quantitative estimate of drug-likeness (QED) is 0.830. The maximum atomic E-state index is 11.5. The molecule has 1 aliphatic rings. The summed E-state index contributed by atoms with van der Waals surface area (Å²) in [6.07, 6.45) is 5.99. The number of benzene rings is 1. The summed E-state index contributed by atoms with van der Waals surface area (Å²) in [7, 11) is 0. The first-order valence-electron chi connectivity index (χ1n) is 6.46. The Morgan fingerprint density at radius 2 is 2.17 bits per heavy atom. The summed E-state index contributed by atoms with van der Waals surface area (Å²) >= 11 is 0. The van der Waals surface area contributed by atoms with Crippen LogP contribution >= 0.6 is 0 Å². The van der Waals surface area contributed by atoms with Crippen LogP contribution in [-0.2, 0) is 4.74 Å². The zero-order valence-electron chi connectivity index (χ0n) is 10.6. The van der Waals surface area contributed by atoms with Gasteiger partial charge in [-0.25, -0.2) is 4.79 Å². The number of hydrogen-bond donors (Lipinski definition) is 1. The molecule has 1 aromatic carbocycles. The van der Waals surface area contributed by atoms with Gasteiger partial charge in [-0.2, -0.15) is 0 Å². The molecule has 3 nitrogen and oxygen atoms in total. The summed E-state index contributed by atoms with van der Waals surface area (Å²) in [4.78, 5) is 11.5. The predicted octanol–water partition coefficient (Wildman–Crippen LogP) is 3.23. The van der Waals surface area contributed by atoms with Crippen molar-refractivity contribution in [1.82, 2.24) is 5.32 Å². The molecule has 0 saturated heterocycles. The smallest absolute Gasteiger partial charge is 0.407 e. The van der Waals surface area contributed by atoms with Gasteiger partial charge in [0.1, 0.15) is 0 Å². The molecule has 0 fully saturated rings. The van der Waals surface area contributed by atoms with Crippen LogP contribution in [0, 0.1) is 0 Å². The number of carbonyl (C=O) groups excluding carboxylic acids is 1. The molecule has 1 aromatic rings. The van der Waals surface area contributed by atoms with E-state index in [1.807, 2.05) is 25.1 Å². The van der Waals surface area contributed by atoms with Crippen LogP contribution < -0.4 is 5.32 Å². The molecule has 1 amide bonds. The second-order valence-corrected chi connectivity index (χ2v) is 4.41. The van der Waals surface area contributed by atoms with E-state index in [9.17, 15) is 4.79 Å². The average molecular weight is 245 g/mol. The van der Waals surface area contributed by atoms with Gasteiger partial charge >= 0.3 is 6.09 Å². The minimum Gasteiger partial charge on any atom is -0.450 e. The van der Waals surface area contributed by atoms with E-state index in [0.29, 0.717) is 6.61 Å². The van der Waals surface area contributed by atoms with Crippen LogP contribution in [0.15, 0.2) is 42.5 Å². The van der Waals surface area contributed by atoms with Crippen LogP contribution in [0.3, 0.4) is 0 Å². The van der Waals surface area contributed by atoms with E-state index >= 15 is 0 Å². The average Bonchev–Trinajstić information content (AvgIpc) is 2.40. The molecule has 0 radical (unpaired) electrons. The molecule has 2 atom stereocenters. The second kappa shape index (κ2) is 6.24. The summed E-state index contributed by atoms with van der Waals surface area (Å²) in [5.41, 5.74) is 1.23. The first kappa shape index (κ1) is 12.7. The van der Waals surface area contributed by atoms with Crippen molar-refractivity contribution in [2.24, 2.45) is 0 Å². The Labute approximate surface area is 108 Å². The molecule has 0 bridgehead atoms. The van der Waals surface area contributed by atoms with Crippen LogP contribution in [0.2, 0.25) is 0 Å². The highest BCUT2D eigenvalue weighted by Gasteiger charge is 2.24. The number of alkyl carbamates (subject to hydrolysis) is 1. The lowest BCUT2D eigenvalue weighted by molar-refractivity contribution is 0.146. The van der Waals surface area contributed by atoms with Crippen molar-refractivity contribution in [3.05, 3.63) is 48.0 Å². The highest BCUT2D eigenvalue weighted by Crippen LogP contribution is 2.28. The van der Waals surface area contributed by atoms with Crippen molar-refractivity contribution < 1.29 is 9.53 Å². The van der Waals surface area contributed by atoms with Crippen LogP contribution in [0.5, 0.6) is 0 Å². The van der Waals surface area contributed by atoms with E-state index in [1.54, 1.807) is 0 Å². The number of nitrogens with one attached hydrogen (secondary N) is 1. The fourth-order valence-electron chi connectivity index (χ4n) is 2.34. The van der Waals surface area contributed by atoms with Crippen molar-refractivity contribution in [3.8, 4) is 0 Å². The van der Waals surface area contributed by atoms with E-state index in [-0.39, 0.29) is 18.1 Å². The molecule has 0 unspecified atom stereocenters. The van der Waals surface area contributed by atoms with E-state index in [0.717, 1.165) is 12.8 Å². The highest BCUT2D eigenvalue weighted by atomic mass is 16.5. The lowest BCUT2D eigenvalue weighted by Crippen LogP contribution is -2.40. The molecular formula is C15H19NO2. The van der Waals surface area contributed by atoms with Gasteiger partial charge in [-0.15, -0.1) is 0 Å². The maximum Gasteiger partial charge on any atom is 0.407 e. The van der Waals surface area contributed by atoms with Crippen molar-refractivity contribution in [3.63, 3.8) is 0 Å². The zero-order valence-corrected chi connectivity index (χ0v) is 10.6. The van der Waals surface area contributed by atoms with Crippen LogP contribution in [0.25, 0.3) is 0 Å². The highest BCUT2D eigenvalue weighted by molar-refractivity contribution is 5.67. The molecule has 1 aliphatic carbocycles. The van der Waals surface area contributed by atoms with Crippen molar-refractivity contribution in [1.29, 1.82) is 0 Å². The van der Waals surface area contributed by atoms with Gasteiger partial charge in [0, 0.05) is 12.0 Å². The fraction of sp³-hybridized carbons (Fsp3) is 0.400. The second-order valence-electron chi connectivity index (χ2n) is 4.41. The van der Waals surface area contributed by atoms with Gasteiger partial charge in [0.15, 0.2) is 0 Å². The summed E-state index contributed by atoms with van der Waals surface area (Å²) < 4.78 is 4.95. The normalized spacial score (nSPS) is 22.5. The van der Waals surface area contributed by atoms with Crippen molar-refractivity contribution >= 4 is 6.09 Å². The number of hydrogen-bond acceptors (Lipinski definition) is 2. The lowest BCUT2D eigenvalue weighted by Gasteiger charge is -2.28. The number of carbonyl (C=O) groups is 1. The van der Waals surface area contributed by atoms with E-state index in [1.165, 1.54) is 5.56 Å². The Hall–Kier alpha value is -1.77. The molecule has 18 heavy (non-hydrogen) atoms. The van der Waals surface area contributed by atoms with Gasteiger partial charge in [0.25, 0.3) is 0 Å². The van der Waals surface area contributed by atoms with E-state index in [4.69, 9.17) is 4.74 Å². The minimum absolute atomic E-state index is 0.122. The van der Waals surface area contributed by atoms with Crippen molar-refractivity contribution in [2.45, 2.75) is 31.7 Å². The molecule has 1 N–H and O–H groups in total. The minimum atomic E-state index is -0.321. The molecule has 2 rings (SSSR count). The number of allylic oxidation sites excluding steroid dienone is 1. The molecule has 0 aromatic heterocycles. The Balaban J connectivity index is 2.09. The number of amides is 1.